The second-order valence-corrected chi connectivity index (χ2v) is 5.04. The molecule has 1 N–H and O–H groups in total. The Bertz CT molecular complexity index is 674. The van der Waals surface area contributed by atoms with Crippen LogP contribution in [0.1, 0.15) is 10.4 Å². The zero-order valence-electron chi connectivity index (χ0n) is 9.97. The minimum absolute atomic E-state index is 0.158. The molecule has 2 aromatic carbocycles. The van der Waals surface area contributed by atoms with Crippen LogP contribution >= 0.6 is 22.6 Å². The second kappa shape index (κ2) is 5.95. The van der Waals surface area contributed by atoms with Gasteiger partial charge in [-0.1, -0.05) is 0 Å². The first-order chi connectivity index (χ1) is 9.47. The highest BCUT2D eigenvalue weighted by molar-refractivity contribution is 14.1. The van der Waals surface area contributed by atoms with Crippen molar-refractivity contribution in [2.45, 2.75) is 0 Å². The SMILES string of the molecule is O=C(Nc1ccc(F)cc1)c1cc([N+](=O)[O-])ccc1I. The van der Waals surface area contributed by atoms with Crippen LogP contribution in [0.3, 0.4) is 0 Å². The third kappa shape index (κ3) is 3.29. The van der Waals surface area contributed by atoms with Crippen LogP contribution in [0.5, 0.6) is 0 Å². The number of nitrogens with one attached hydrogen (secondary N) is 1. The van der Waals surface area contributed by atoms with Crippen LogP contribution in [0.15, 0.2) is 42.5 Å². The molecular formula is C13H8FIN2O3. The number of benzene rings is 2. The first kappa shape index (κ1) is 14.4. The smallest absolute Gasteiger partial charge is 0.270 e. The van der Waals surface area contributed by atoms with E-state index in [0.717, 1.165) is 0 Å². The van der Waals surface area contributed by atoms with E-state index in [1.165, 1.54) is 42.5 Å². The van der Waals surface area contributed by atoms with Crippen molar-refractivity contribution in [3.63, 3.8) is 0 Å². The summed E-state index contributed by atoms with van der Waals surface area (Å²) in [4.78, 5) is 22.2. The van der Waals surface area contributed by atoms with Gasteiger partial charge in [-0.15, -0.1) is 0 Å². The summed E-state index contributed by atoms with van der Waals surface area (Å²) in [5, 5.41) is 13.3. The van der Waals surface area contributed by atoms with Crippen molar-refractivity contribution >= 4 is 39.9 Å². The van der Waals surface area contributed by atoms with Gasteiger partial charge in [0.25, 0.3) is 11.6 Å². The van der Waals surface area contributed by atoms with Crippen molar-refractivity contribution in [1.82, 2.24) is 0 Å². The highest BCUT2D eigenvalue weighted by atomic mass is 127. The monoisotopic (exact) mass is 386 g/mol. The van der Waals surface area contributed by atoms with Crippen molar-refractivity contribution in [3.8, 4) is 0 Å². The molecule has 2 aromatic rings. The van der Waals surface area contributed by atoms with E-state index < -0.39 is 16.6 Å². The van der Waals surface area contributed by atoms with Gasteiger partial charge in [-0.2, -0.15) is 0 Å². The molecule has 0 saturated heterocycles. The maximum Gasteiger partial charge on any atom is 0.270 e. The highest BCUT2D eigenvalue weighted by Crippen LogP contribution is 2.21. The molecule has 1 amide bonds. The average molecular weight is 386 g/mol. The van der Waals surface area contributed by atoms with Gasteiger partial charge in [0.05, 0.1) is 10.5 Å². The van der Waals surface area contributed by atoms with Crippen LogP contribution in [0.4, 0.5) is 15.8 Å². The molecule has 0 heterocycles. The predicted octanol–water partition coefficient (Wildman–Crippen LogP) is 3.59. The second-order valence-electron chi connectivity index (χ2n) is 3.88. The van der Waals surface area contributed by atoms with Gasteiger partial charge in [-0.25, -0.2) is 4.39 Å². The van der Waals surface area contributed by atoms with Crippen LogP contribution < -0.4 is 5.32 Å². The Morgan fingerprint density at radius 3 is 2.45 bits per heavy atom. The van der Waals surface area contributed by atoms with Crippen LogP contribution in [-0.2, 0) is 0 Å². The predicted molar refractivity (Wildman–Crippen MR) is 80.2 cm³/mol. The lowest BCUT2D eigenvalue weighted by Gasteiger charge is -2.06. The van der Waals surface area contributed by atoms with Gasteiger partial charge in [0, 0.05) is 21.4 Å². The molecule has 2 rings (SSSR count). The number of rotatable bonds is 3. The van der Waals surface area contributed by atoms with E-state index in [-0.39, 0.29) is 11.3 Å². The first-order valence-corrected chi connectivity index (χ1v) is 6.56. The summed E-state index contributed by atoms with van der Waals surface area (Å²) in [5.74, 6) is -0.891. The quantitative estimate of drug-likeness (QED) is 0.498. The summed E-state index contributed by atoms with van der Waals surface area (Å²) < 4.78 is 13.4. The molecule has 0 aliphatic carbocycles. The minimum Gasteiger partial charge on any atom is -0.322 e. The van der Waals surface area contributed by atoms with Crippen LogP contribution in [0.2, 0.25) is 0 Å². The number of hydrogen-bond donors (Lipinski definition) is 1. The Labute approximate surface area is 127 Å². The maximum atomic E-state index is 12.8. The number of hydrogen-bond acceptors (Lipinski definition) is 3. The molecule has 0 bridgehead atoms. The Morgan fingerprint density at radius 2 is 1.85 bits per heavy atom. The Balaban J connectivity index is 2.26. The number of nitro groups is 1. The summed E-state index contributed by atoms with van der Waals surface area (Å²) >= 11 is 1.92. The van der Waals surface area contributed by atoms with Crippen LogP contribution in [0.25, 0.3) is 0 Å². The van der Waals surface area contributed by atoms with E-state index >= 15 is 0 Å². The van der Waals surface area contributed by atoms with E-state index in [0.29, 0.717) is 9.26 Å². The lowest BCUT2D eigenvalue weighted by molar-refractivity contribution is -0.384. The highest BCUT2D eigenvalue weighted by Gasteiger charge is 2.15. The number of carbonyl (C=O) groups is 1. The summed E-state index contributed by atoms with van der Waals surface area (Å²) in [6.07, 6.45) is 0. The van der Waals surface area contributed by atoms with E-state index in [4.69, 9.17) is 0 Å². The topological polar surface area (TPSA) is 72.2 Å². The molecule has 0 aromatic heterocycles. The molecule has 0 saturated carbocycles. The van der Waals surface area contributed by atoms with E-state index in [2.05, 4.69) is 5.32 Å². The van der Waals surface area contributed by atoms with Crippen molar-refractivity contribution < 1.29 is 14.1 Å². The lowest BCUT2D eigenvalue weighted by atomic mass is 10.2. The zero-order valence-corrected chi connectivity index (χ0v) is 12.1. The van der Waals surface area contributed by atoms with Crippen molar-refractivity contribution in [1.29, 1.82) is 0 Å². The molecule has 0 atom stereocenters. The number of non-ortho nitro benzene ring substituents is 1. The van der Waals surface area contributed by atoms with Gasteiger partial charge in [-0.3, -0.25) is 14.9 Å². The van der Waals surface area contributed by atoms with E-state index in [1.54, 1.807) is 0 Å². The van der Waals surface area contributed by atoms with Crippen molar-refractivity contribution in [2.75, 3.05) is 5.32 Å². The minimum atomic E-state index is -0.565. The molecule has 0 fully saturated rings. The first-order valence-electron chi connectivity index (χ1n) is 5.48. The summed E-state index contributed by atoms with van der Waals surface area (Å²) in [5.41, 5.74) is 0.456. The van der Waals surface area contributed by atoms with Crippen LogP contribution in [-0.4, -0.2) is 10.8 Å². The standard InChI is InChI=1S/C13H8FIN2O3/c14-8-1-3-9(4-2-8)16-13(18)11-7-10(17(19)20)5-6-12(11)15/h1-7H,(H,16,18). The Kier molecular flexibility index (Phi) is 4.28. The number of carbonyl (C=O) groups excluding carboxylic acids is 1. The number of nitro benzene ring substituents is 1. The molecule has 7 heteroatoms. The van der Waals surface area contributed by atoms with E-state index in [9.17, 15) is 19.3 Å². The molecule has 102 valence electrons. The van der Waals surface area contributed by atoms with Gasteiger partial charge in [-0.05, 0) is 52.9 Å². The molecule has 0 aliphatic heterocycles. The molecule has 5 nitrogen and oxygen atoms in total. The third-order valence-electron chi connectivity index (χ3n) is 2.51. The third-order valence-corrected chi connectivity index (χ3v) is 3.45. The van der Waals surface area contributed by atoms with Gasteiger partial charge in [0.15, 0.2) is 0 Å². The van der Waals surface area contributed by atoms with Crippen molar-refractivity contribution in [2.24, 2.45) is 0 Å². The summed E-state index contributed by atoms with van der Waals surface area (Å²) in [6, 6.07) is 9.30. The maximum absolute atomic E-state index is 12.8. The summed E-state index contributed by atoms with van der Waals surface area (Å²) in [6.45, 7) is 0. The fourth-order valence-corrected chi connectivity index (χ4v) is 2.11. The number of amides is 1. The van der Waals surface area contributed by atoms with Crippen molar-refractivity contribution in [3.05, 3.63) is 67.5 Å². The zero-order chi connectivity index (χ0) is 14.7. The number of halogens is 2. The van der Waals surface area contributed by atoms with E-state index in [1.807, 2.05) is 22.6 Å². The average Bonchev–Trinajstić information content (AvgIpc) is 2.41. The molecular weight excluding hydrogens is 378 g/mol. The van der Waals surface area contributed by atoms with Gasteiger partial charge < -0.3 is 5.32 Å². The van der Waals surface area contributed by atoms with Crippen LogP contribution in [0, 0.1) is 19.5 Å². The fourth-order valence-electron chi connectivity index (χ4n) is 1.53. The molecule has 0 aliphatic rings. The molecule has 0 spiro atoms. The Hall–Kier alpha value is -2.03. The molecule has 0 unspecified atom stereocenters. The largest absolute Gasteiger partial charge is 0.322 e. The molecule has 20 heavy (non-hydrogen) atoms. The lowest BCUT2D eigenvalue weighted by Crippen LogP contribution is -2.13. The summed E-state index contributed by atoms with van der Waals surface area (Å²) in [7, 11) is 0. The number of nitrogens with zero attached hydrogens (tertiary/aromatic N) is 1. The Morgan fingerprint density at radius 1 is 1.20 bits per heavy atom. The fraction of sp³-hybridized carbons (Fsp3) is 0. The van der Waals surface area contributed by atoms with Gasteiger partial charge >= 0.3 is 0 Å². The molecule has 0 radical (unpaired) electrons. The van der Waals surface area contributed by atoms with Gasteiger partial charge in [0.1, 0.15) is 5.82 Å². The normalized spacial score (nSPS) is 10.1. The van der Waals surface area contributed by atoms with Gasteiger partial charge in [0.2, 0.25) is 0 Å². The number of anilines is 1.